The van der Waals surface area contributed by atoms with Gasteiger partial charge in [-0.25, -0.2) is 4.39 Å². The fourth-order valence-electron chi connectivity index (χ4n) is 2.24. The molecule has 0 saturated carbocycles. The molecule has 1 nitrogen and oxygen atoms in total. The van der Waals surface area contributed by atoms with Gasteiger partial charge in [0.15, 0.2) is 0 Å². The summed E-state index contributed by atoms with van der Waals surface area (Å²) in [5.41, 5.74) is 1.82. The highest BCUT2D eigenvalue weighted by atomic mass is 127. The molecule has 0 saturated heterocycles. The summed E-state index contributed by atoms with van der Waals surface area (Å²) in [6.07, 6.45) is 1.63. The van der Waals surface area contributed by atoms with Crippen molar-refractivity contribution in [1.29, 1.82) is 0 Å². The molecular weight excluding hydrogens is 400 g/mol. The van der Waals surface area contributed by atoms with E-state index in [2.05, 4.69) is 59.1 Å². The van der Waals surface area contributed by atoms with Gasteiger partial charge in [-0.1, -0.05) is 30.7 Å². The molecule has 0 radical (unpaired) electrons. The molecule has 1 unspecified atom stereocenters. The van der Waals surface area contributed by atoms with Crippen molar-refractivity contribution in [2.45, 2.75) is 25.8 Å². The van der Waals surface area contributed by atoms with E-state index in [4.69, 9.17) is 11.6 Å². The quantitative estimate of drug-likeness (QED) is 0.623. The van der Waals surface area contributed by atoms with E-state index in [1.165, 1.54) is 15.2 Å². The van der Waals surface area contributed by atoms with E-state index >= 15 is 0 Å². The molecule has 0 aliphatic carbocycles. The third-order valence-corrected chi connectivity index (χ3v) is 4.30. The van der Waals surface area contributed by atoms with Gasteiger partial charge in [0, 0.05) is 14.6 Å². The van der Waals surface area contributed by atoms with Gasteiger partial charge in [-0.3, -0.25) is 0 Å². The van der Waals surface area contributed by atoms with Crippen molar-refractivity contribution in [2.24, 2.45) is 0 Å². The summed E-state index contributed by atoms with van der Waals surface area (Å²) in [7, 11) is 0. The summed E-state index contributed by atoms with van der Waals surface area (Å²) in [5, 5.41) is 4.06. The lowest BCUT2D eigenvalue weighted by Crippen LogP contribution is -2.24. The normalized spacial score (nSPS) is 12.4. The second-order valence-corrected chi connectivity index (χ2v) is 6.68. The summed E-state index contributed by atoms with van der Waals surface area (Å²) < 4.78 is 15.1. The van der Waals surface area contributed by atoms with Crippen molar-refractivity contribution in [1.82, 2.24) is 5.32 Å². The van der Waals surface area contributed by atoms with Gasteiger partial charge < -0.3 is 5.32 Å². The molecular formula is C17H18ClFIN. The van der Waals surface area contributed by atoms with Crippen molar-refractivity contribution in [3.05, 3.63) is 68.0 Å². The average molecular weight is 418 g/mol. The van der Waals surface area contributed by atoms with Crippen LogP contribution in [0.4, 0.5) is 4.39 Å². The van der Waals surface area contributed by atoms with Crippen LogP contribution < -0.4 is 5.32 Å². The van der Waals surface area contributed by atoms with E-state index in [1.54, 1.807) is 12.1 Å². The maximum Gasteiger partial charge on any atom is 0.126 e. The number of hydrogen-bond acceptors (Lipinski definition) is 1. The third-order valence-electron chi connectivity index (χ3n) is 3.34. The highest BCUT2D eigenvalue weighted by Crippen LogP contribution is 2.23. The van der Waals surface area contributed by atoms with Gasteiger partial charge in [0.05, 0.1) is 0 Å². The SMILES string of the molecule is CCCNC(Cc1cc(Cl)ccc1F)c1ccc(I)cc1. The minimum atomic E-state index is -0.201. The molecule has 0 aliphatic heterocycles. The Balaban J connectivity index is 2.23. The zero-order chi connectivity index (χ0) is 15.2. The molecule has 21 heavy (non-hydrogen) atoms. The maximum atomic E-state index is 13.9. The van der Waals surface area contributed by atoms with E-state index in [0.29, 0.717) is 17.0 Å². The van der Waals surface area contributed by atoms with E-state index in [-0.39, 0.29) is 11.9 Å². The first-order valence-electron chi connectivity index (χ1n) is 7.03. The summed E-state index contributed by atoms with van der Waals surface area (Å²) in [5.74, 6) is -0.201. The molecule has 1 atom stereocenters. The zero-order valence-electron chi connectivity index (χ0n) is 11.9. The molecule has 1 N–H and O–H groups in total. The molecule has 0 amide bonds. The zero-order valence-corrected chi connectivity index (χ0v) is 14.8. The Morgan fingerprint density at radius 2 is 1.90 bits per heavy atom. The number of benzene rings is 2. The summed E-state index contributed by atoms with van der Waals surface area (Å²) >= 11 is 8.27. The Bertz CT molecular complexity index is 586. The average Bonchev–Trinajstić information content (AvgIpc) is 2.48. The molecule has 4 heteroatoms. The summed E-state index contributed by atoms with van der Waals surface area (Å²) in [6, 6.07) is 13.2. The second kappa shape index (κ2) is 8.11. The van der Waals surface area contributed by atoms with Crippen LogP contribution in [-0.2, 0) is 6.42 Å². The number of halogens is 3. The lowest BCUT2D eigenvalue weighted by molar-refractivity contribution is 0.513. The van der Waals surface area contributed by atoms with E-state index in [9.17, 15) is 4.39 Å². The fourth-order valence-corrected chi connectivity index (χ4v) is 2.80. The van der Waals surface area contributed by atoms with E-state index < -0.39 is 0 Å². The molecule has 2 aromatic carbocycles. The van der Waals surface area contributed by atoms with E-state index in [0.717, 1.165) is 13.0 Å². The Labute approximate surface area is 144 Å². The van der Waals surface area contributed by atoms with Crippen LogP contribution in [0, 0.1) is 9.39 Å². The van der Waals surface area contributed by atoms with Crippen LogP contribution in [-0.4, -0.2) is 6.54 Å². The van der Waals surface area contributed by atoms with Crippen LogP contribution in [0.15, 0.2) is 42.5 Å². The Morgan fingerprint density at radius 1 is 1.19 bits per heavy atom. The van der Waals surface area contributed by atoms with Crippen molar-refractivity contribution in [3.8, 4) is 0 Å². The third kappa shape index (κ3) is 4.94. The van der Waals surface area contributed by atoms with Crippen LogP contribution >= 0.6 is 34.2 Å². The van der Waals surface area contributed by atoms with Crippen LogP contribution in [0.1, 0.15) is 30.5 Å². The minimum absolute atomic E-state index is 0.0925. The molecule has 0 aromatic heterocycles. The van der Waals surface area contributed by atoms with Crippen molar-refractivity contribution in [3.63, 3.8) is 0 Å². The van der Waals surface area contributed by atoms with E-state index in [1.807, 2.05) is 0 Å². The van der Waals surface area contributed by atoms with Gasteiger partial charge in [0.2, 0.25) is 0 Å². The molecule has 2 aromatic rings. The Hall–Kier alpha value is -0.650. The number of nitrogens with one attached hydrogen (secondary N) is 1. The van der Waals surface area contributed by atoms with Gasteiger partial charge in [-0.2, -0.15) is 0 Å². The molecule has 0 bridgehead atoms. The Morgan fingerprint density at radius 3 is 2.57 bits per heavy atom. The lowest BCUT2D eigenvalue weighted by Gasteiger charge is -2.20. The first-order chi connectivity index (χ1) is 10.1. The van der Waals surface area contributed by atoms with Gasteiger partial charge in [0.1, 0.15) is 5.82 Å². The topological polar surface area (TPSA) is 12.0 Å². The summed E-state index contributed by atoms with van der Waals surface area (Å²) in [4.78, 5) is 0. The number of hydrogen-bond donors (Lipinski definition) is 1. The molecule has 112 valence electrons. The van der Waals surface area contributed by atoms with Crippen LogP contribution in [0.25, 0.3) is 0 Å². The molecule has 2 rings (SSSR count). The van der Waals surface area contributed by atoms with Gasteiger partial charge in [-0.15, -0.1) is 0 Å². The van der Waals surface area contributed by atoms with Crippen LogP contribution in [0.2, 0.25) is 5.02 Å². The highest BCUT2D eigenvalue weighted by Gasteiger charge is 2.14. The predicted molar refractivity (Wildman–Crippen MR) is 95.3 cm³/mol. The van der Waals surface area contributed by atoms with Crippen LogP contribution in [0.5, 0.6) is 0 Å². The first-order valence-corrected chi connectivity index (χ1v) is 8.48. The highest BCUT2D eigenvalue weighted by molar-refractivity contribution is 14.1. The minimum Gasteiger partial charge on any atom is -0.310 e. The standard InChI is InChI=1S/C17H18ClFIN/c1-2-9-21-17(12-3-6-15(20)7-4-12)11-13-10-14(18)5-8-16(13)19/h3-8,10,17,21H,2,9,11H2,1H3. The van der Waals surface area contributed by atoms with Crippen LogP contribution in [0.3, 0.4) is 0 Å². The Kier molecular flexibility index (Phi) is 6.45. The smallest absolute Gasteiger partial charge is 0.126 e. The van der Waals surface area contributed by atoms with Crippen molar-refractivity contribution >= 4 is 34.2 Å². The molecule has 0 fully saturated rings. The number of rotatable bonds is 6. The first kappa shape index (κ1) is 16.7. The van der Waals surface area contributed by atoms with Crippen molar-refractivity contribution in [2.75, 3.05) is 6.54 Å². The maximum absolute atomic E-state index is 13.9. The molecule has 0 aliphatic rings. The fraction of sp³-hybridized carbons (Fsp3) is 0.294. The predicted octanol–water partition coefficient (Wildman–Crippen LogP) is 5.37. The largest absolute Gasteiger partial charge is 0.310 e. The monoisotopic (exact) mass is 417 g/mol. The van der Waals surface area contributed by atoms with Crippen molar-refractivity contribution < 1.29 is 4.39 Å². The molecule has 0 spiro atoms. The summed E-state index contributed by atoms with van der Waals surface area (Å²) in [6.45, 7) is 3.02. The van der Waals surface area contributed by atoms with Gasteiger partial charge in [0.25, 0.3) is 0 Å². The second-order valence-electron chi connectivity index (χ2n) is 5.00. The molecule has 0 heterocycles. The van der Waals surface area contributed by atoms with Gasteiger partial charge >= 0.3 is 0 Å². The lowest BCUT2D eigenvalue weighted by atomic mass is 9.98. The van der Waals surface area contributed by atoms with Gasteiger partial charge in [-0.05, 0) is 83.4 Å².